The van der Waals surface area contributed by atoms with Crippen molar-refractivity contribution in [2.45, 2.75) is 44.4 Å². The number of allylic oxidation sites excluding steroid dienone is 1. The number of amides is 2. The zero-order valence-electron chi connectivity index (χ0n) is 25.2. The molecule has 3 aromatic carbocycles. The molecule has 2 atom stereocenters. The quantitative estimate of drug-likeness (QED) is 0.0859. The molecule has 9 nitrogen and oxygen atoms in total. The average Bonchev–Trinajstić information content (AvgIpc) is 3.05. The fourth-order valence-electron chi connectivity index (χ4n) is 4.86. The molecule has 4 rings (SSSR count). The number of esters is 1. The number of carbonyl (C=O) groups is 3. The van der Waals surface area contributed by atoms with Crippen molar-refractivity contribution in [3.05, 3.63) is 119 Å². The van der Waals surface area contributed by atoms with Gasteiger partial charge in [0.05, 0.1) is 11.8 Å². The SMILES string of the molecule is COC(CBr)(CO[C@H]1[C@@H](NC(=O)Cc2ccccc2)C(=O)N1C(C(=O)OC(c1ccccc1)c1ccccc1)=C(C)C)OC. The smallest absolute Gasteiger partial charge is 0.356 e. The van der Waals surface area contributed by atoms with E-state index in [1.165, 1.54) is 19.1 Å². The fraction of sp³-hybridized carbons (Fsp3) is 0.324. The lowest BCUT2D eigenvalue weighted by Crippen LogP contribution is -2.72. The number of rotatable bonds is 14. The summed E-state index contributed by atoms with van der Waals surface area (Å²) in [5.74, 6) is -2.73. The molecule has 0 aromatic heterocycles. The van der Waals surface area contributed by atoms with Crippen molar-refractivity contribution >= 4 is 33.7 Å². The van der Waals surface area contributed by atoms with Crippen molar-refractivity contribution in [2.24, 2.45) is 0 Å². The van der Waals surface area contributed by atoms with E-state index in [2.05, 4.69) is 21.2 Å². The van der Waals surface area contributed by atoms with Crippen LogP contribution in [0.3, 0.4) is 0 Å². The van der Waals surface area contributed by atoms with Crippen LogP contribution in [0.25, 0.3) is 0 Å². The summed E-state index contributed by atoms with van der Waals surface area (Å²) in [5, 5.41) is 3.06. The Kier molecular flexibility index (Phi) is 11.5. The number of β-lactam (4-membered cyclic amide) rings is 1. The number of hydrogen-bond acceptors (Lipinski definition) is 7. The summed E-state index contributed by atoms with van der Waals surface area (Å²) in [4.78, 5) is 41.8. The number of nitrogens with one attached hydrogen (secondary N) is 1. The zero-order chi connectivity index (χ0) is 31.7. The van der Waals surface area contributed by atoms with Gasteiger partial charge in [0, 0.05) is 14.2 Å². The van der Waals surface area contributed by atoms with Gasteiger partial charge in [0.25, 0.3) is 5.91 Å². The minimum atomic E-state index is -1.17. The maximum Gasteiger partial charge on any atom is 0.356 e. The number of methoxy groups -OCH3 is 2. The molecular formula is C34H37BrN2O7. The molecule has 0 spiro atoms. The summed E-state index contributed by atoms with van der Waals surface area (Å²) < 4.78 is 23.4. The second-order valence-electron chi connectivity index (χ2n) is 10.5. The molecule has 1 aliphatic heterocycles. The third-order valence-corrected chi connectivity index (χ3v) is 8.18. The number of alkyl halides is 1. The van der Waals surface area contributed by atoms with Crippen LogP contribution in [0.4, 0.5) is 0 Å². The lowest BCUT2D eigenvalue weighted by atomic mass is 9.99. The highest BCUT2D eigenvalue weighted by molar-refractivity contribution is 9.09. The van der Waals surface area contributed by atoms with E-state index in [1.807, 2.05) is 91.0 Å². The molecule has 0 saturated carbocycles. The maximum atomic E-state index is 13.9. The number of nitrogens with zero attached hydrogens (tertiary/aromatic N) is 1. The van der Waals surface area contributed by atoms with Gasteiger partial charge in [0.15, 0.2) is 18.4 Å². The molecule has 44 heavy (non-hydrogen) atoms. The number of benzene rings is 3. The second-order valence-corrected chi connectivity index (χ2v) is 11.1. The van der Waals surface area contributed by atoms with Crippen molar-refractivity contribution in [1.82, 2.24) is 10.2 Å². The van der Waals surface area contributed by atoms with Gasteiger partial charge in [0.1, 0.15) is 12.3 Å². The third kappa shape index (κ3) is 7.62. The minimum Gasteiger partial charge on any atom is -0.448 e. The van der Waals surface area contributed by atoms with Crippen LogP contribution in [-0.2, 0) is 39.8 Å². The predicted molar refractivity (Wildman–Crippen MR) is 168 cm³/mol. The largest absolute Gasteiger partial charge is 0.448 e. The fourth-order valence-corrected chi connectivity index (χ4v) is 5.48. The Balaban J connectivity index is 1.62. The summed E-state index contributed by atoms with van der Waals surface area (Å²) >= 11 is 3.39. The molecule has 10 heteroatoms. The molecule has 1 aliphatic rings. The second kappa shape index (κ2) is 15.3. The molecular weight excluding hydrogens is 628 g/mol. The minimum absolute atomic E-state index is 0.0321. The Hall–Kier alpha value is -3.83. The van der Waals surface area contributed by atoms with Crippen LogP contribution in [0, 0.1) is 0 Å². The van der Waals surface area contributed by atoms with E-state index in [0.29, 0.717) is 5.57 Å². The molecule has 0 radical (unpaired) electrons. The van der Waals surface area contributed by atoms with Gasteiger partial charge in [0.2, 0.25) is 11.7 Å². The number of likely N-dealkylation sites (tertiary alicyclic amines) is 1. The first-order valence-electron chi connectivity index (χ1n) is 14.2. The van der Waals surface area contributed by atoms with Gasteiger partial charge in [-0.05, 0) is 36.1 Å². The Bertz CT molecular complexity index is 1390. The molecule has 0 bridgehead atoms. The zero-order valence-corrected chi connectivity index (χ0v) is 26.8. The molecule has 2 amide bonds. The van der Waals surface area contributed by atoms with Crippen LogP contribution in [0.1, 0.15) is 36.6 Å². The molecule has 1 N–H and O–H groups in total. The van der Waals surface area contributed by atoms with Crippen LogP contribution in [0.15, 0.2) is 102 Å². The highest BCUT2D eigenvalue weighted by Crippen LogP contribution is 2.33. The van der Waals surface area contributed by atoms with Crippen LogP contribution >= 0.6 is 15.9 Å². The highest BCUT2D eigenvalue weighted by Gasteiger charge is 2.53. The van der Waals surface area contributed by atoms with E-state index >= 15 is 0 Å². The first kappa shape index (κ1) is 33.1. The summed E-state index contributed by atoms with van der Waals surface area (Å²) in [6.07, 6.45) is -1.68. The number of halogens is 1. The van der Waals surface area contributed by atoms with Gasteiger partial charge in [-0.1, -0.05) is 107 Å². The lowest BCUT2D eigenvalue weighted by molar-refractivity contribution is -0.246. The summed E-state index contributed by atoms with van der Waals surface area (Å²) in [7, 11) is 2.95. The van der Waals surface area contributed by atoms with Gasteiger partial charge in [-0.25, -0.2) is 4.79 Å². The summed E-state index contributed by atoms with van der Waals surface area (Å²) in [5.41, 5.74) is 2.91. The van der Waals surface area contributed by atoms with Crippen molar-refractivity contribution in [1.29, 1.82) is 0 Å². The van der Waals surface area contributed by atoms with Crippen molar-refractivity contribution in [2.75, 3.05) is 26.2 Å². The predicted octanol–water partition coefficient (Wildman–Crippen LogP) is 4.91. The third-order valence-electron chi connectivity index (χ3n) is 7.33. The van der Waals surface area contributed by atoms with E-state index in [1.54, 1.807) is 13.8 Å². The number of ether oxygens (including phenoxy) is 4. The van der Waals surface area contributed by atoms with Gasteiger partial charge in [-0.15, -0.1) is 0 Å². The Labute approximate surface area is 266 Å². The summed E-state index contributed by atoms with van der Waals surface area (Å²) in [6.45, 7) is 3.33. The molecule has 3 aromatic rings. The summed E-state index contributed by atoms with van der Waals surface area (Å²) in [6, 6.07) is 26.9. The van der Waals surface area contributed by atoms with Gasteiger partial charge >= 0.3 is 5.97 Å². The van der Waals surface area contributed by atoms with Crippen LogP contribution in [0.5, 0.6) is 0 Å². The van der Waals surface area contributed by atoms with Crippen LogP contribution < -0.4 is 5.32 Å². The molecule has 1 heterocycles. The normalized spacial score (nSPS) is 16.3. The Morgan fingerprint density at radius 2 is 1.41 bits per heavy atom. The molecule has 232 valence electrons. The monoisotopic (exact) mass is 664 g/mol. The Morgan fingerprint density at radius 3 is 1.89 bits per heavy atom. The molecule has 0 aliphatic carbocycles. The number of hydrogen-bond donors (Lipinski definition) is 1. The van der Waals surface area contributed by atoms with E-state index in [0.717, 1.165) is 16.7 Å². The van der Waals surface area contributed by atoms with E-state index < -0.39 is 36.0 Å². The topological polar surface area (TPSA) is 103 Å². The molecule has 1 saturated heterocycles. The van der Waals surface area contributed by atoms with E-state index in [9.17, 15) is 14.4 Å². The van der Waals surface area contributed by atoms with E-state index in [-0.39, 0.29) is 30.0 Å². The molecule has 0 unspecified atom stereocenters. The van der Waals surface area contributed by atoms with Gasteiger partial charge < -0.3 is 24.3 Å². The van der Waals surface area contributed by atoms with Crippen LogP contribution in [-0.4, -0.2) is 66.9 Å². The van der Waals surface area contributed by atoms with Crippen molar-refractivity contribution < 1.29 is 33.3 Å². The van der Waals surface area contributed by atoms with E-state index in [4.69, 9.17) is 18.9 Å². The average molecular weight is 666 g/mol. The van der Waals surface area contributed by atoms with Crippen molar-refractivity contribution in [3.8, 4) is 0 Å². The first-order valence-corrected chi connectivity index (χ1v) is 15.3. The van der Waals surface area contributed by atoms with Crippen LogP contribution in [0.2, 0.25) is 0 Å². The standard InChI is InChI=1S/C34H37BrN2O7/c1-23(2)29(33(40)44-30(25-16-10-6-11-17-25)26-18-12-7-13-19-26)37-31(39)28(32(37)43-22-34(21-35,41-3)42-4)36-27(38)20-24-14-8-5-9-15-24/h5-19,28,30,32H,20-22H2,1-4H3,(H,36,38)/t28-,32-/m0/s1. The first-order chi connectivity index (χ1) is 21.2. The Morgan fingerprint density at radius 1 is 0.886 bits per heavy atom. The highest BCUT2D eigenvalue weighted by atomic mass is 79.9. The lowest BCUT2D eigenvalue weighted by Gasteiger charge is -2.48. The van der Waals surface area contributed by atoms with Crippen molar-refractivity contribution in [3.63, 3.8) is 0 Å². The maximum absolute atomic E-state index is 13.9. The molecule has 1 fully saturated rings. The van der Waals surface area contributed by atoms with Gasteiger partial charge in [-0.2, -0.15) is 0 Å². The number of carbonyl (C=O) groups excluding carboxylic acids is 3. The van der Waals surface area contributed by atoms with Gasteiger partial charge in [-0.3, -0.25) is 14.5 Å².